The molecule has 0 aliphatic carbocycles. The maximum atomic E-state index is 4.58. The quantitative estimate of drug-likeness (QED) is 0.733. The van der Waals surface area contributed by atoms with E-state index in [0.717, 1.165) is 29.1 Å². The number of fused-ring (bicyclic) bond motifs is 1. The molecule has 0 spiro atoms. The lowest BCUT2D eigenvalue weighted by molar-refractivity contribution is 0.560. The van der Waals surface area contributed by atoms with Crippen LogP contribution >= 0.6 is 11.3 Å². The summed E-state index contributed by atoms with van der Waals surface area (Å²) in [4.78, 5) is 10.1. The van der Waals surface area contributed by atoms with Gasteiger partial charge in [0.2, 0.25) is 5.95 Å². The first kappa shape index (κ1) is 13.8. The summed E-state index contributed by atoms with van der Waals surface area (Å²) >= 11 is 1.63. The molecule has 110 valence electrons. The summed E-state index contributed by atoms with van der Waals surface area (Å²) in [6, 6.07) is 4.20. The predicted molar refractivity (Wildman–Crippen MR) is 86.9 cm³/mol. The van der Waals surface area contributed by atoms with E-state index in [1.807, 2.05) is 29.2 Å². The second kappa shape index (κ2) is 6.09. The van der Waals surface area contributed by atoms with Crippen LogP contribution in [-0.2, 0) is 6.54 Å². The fourth-order valence-corrected chi connectivity index (χ4v) is 2.93. The molecule has 2 N–H and O–H groups in total. The van der Waals surface area contributed by atoms with Gasteiger partial charge in [-0.3, -0.25) is 4.68 Å². The van der Waals surface area contributed by atoms with E-state index in [2.05, 4.69) is 38.7 Å². The first-order valence-corrected chi connectivity index (χ1v) is 7.87. The molecule has 0 aliphatic heterocycles. The summed E-state index contributed by atoms with van der Waals surface area (Å²) in [5.74, 6) is 1.54. The maximum Gasteiger partial charge on any atom is 0.226 e. The Morgan fingerprint density at radius 1 is 1.38 bits per heavy atom. The van der Waals surface area contributed by atoms with Crippen LogP contribution in [0.15, 0.2) is 29.9 Å². The molecule has 6 nitrogen and oxygen atoms in total. The maximum absolute atomic E-state index is 4.58. The Bertz CT molecular complexity index is 705. The highest BCUT2D eigenvalue weighted by atomic mass is 32.1. The lowest BCUT2D eigenvalue weighted by atomic mass is 10.3. The van der Waals surface area contributed by atoms with Crippen LogP contribution in [0.1, 0.15) is 13.8 Å². The monoisotopic (exact) mass is 302 g/mol. The molecule has 3 aromatic heterocycles. The average Bonchev–Trinajstić information content (AvgIpc) is 3.09. The van der Waals surface area contributed by atoms with Gasteiger partial charge < -0.3 is 10.6 Å². The van der Waals surface area contributed by atoms with Crippen LogP contribution in [0.2, 0.25) is 0 Å². The van der Waals surface area contributed by atoms with Crippen molar-refractivity contribution >= 4 is 33.3 Å². The van der Waals surface area contributed by atoms with E-state index in [1.165, 1.54) is 0 Å². The fraction of sp³-hybridized carbons (Fsp3) is 0.357. The number of nitrogens with zero attached hydrogens (tertiary/aromatic N) is 4. The topological polar surface area (TPSA) is 67.7 Å². The molecule has 0 fully saturated rings. The van der Waals surface area contributed by atoms with Gasteiger partial charge in [0.05, 0.1) is 11.9 Å². The van der Waals surface area contributed by atoms with Crippen LogP contribution in [0.5, 0.6) is 0 Å². The first-order chi connectivity index (χ1) is 10.3. The zero-order chi connectivity index (χ0) is 14.7. The Morgan fingerprint density at radius 2 is 2.29 bits per heavy atom. The van der Waals surface area contributed by atoms with Gasteiger partial charge in [-0.05, 0) is 31.4 Å². The molecule has 0 bridgehead atoms. The van der Waals surface area contributed by atoms with Crippen molar-refractivity contribution in [3.63, 3.8) is 0 Å². The van der Waals surface area contributed by atoms with Crippen LogP contribution < -0.4 is 10.6 Å². The van der Waals surface area contributed by atoms with Gasteiger partial charge in [0.25, 0.3) is 0 Å². The highest BCUT2D eigenvalue weighted by Gasteiger charge is 2.11. The molecule has 3 aromatic rings. The average molecular weight is 302 g/mol. The molecule has 7 heteroatoms. The van der Waals surface area contributed by atoms with Crippen LogP contribution in [0.25, 0.3) is 10.2 Å². The standard InChI is InChI=1S/C14H18N6S/c1-3-15-14-18-12(11-5-8-21-13(11)19-14)17-10(2)9-20-7-4-6-16-20/h4-8,10H,3,9H2,1-2H3,(H2,15,17,18,19). The molecule has 1 unspecified atom stereocenters. The molecule has 0 aromatic carbocycles. The van der Waals surface area contributed by atoms with Crippen LogP contribution in [-0.4, -0.2) is 32.3 Å². The SMILES string of the molecule is CCNc1nc(NC(C)Cn2cccn2)c2ccsc2n1. The van der Waals surface area contributed by atoms with Crippen LogP contribution in [0.3, 0.4) is 0 Å². The first-order valence-electron chi connectivity index (χ1n) is 6.99. The molecule has 0 aliphatic rings. The third kappa shape index (κ3) is 3.13. The molecule has 3 rings (SSSR count). The minimum absolute atomic E-state index is 0.220. The van der Waals surface area contributed by atoms with E-state index in [0.29, 0.717) is 5.95 Å². The Balaban J connectivity index is 1.83. The van der Waals surface area contributed by atoms with Crippen molar-refractivity contribution in [2.24, 2.45) is 0 Å². The molecule has 0 amide bonds. The number of thiophene rings is 1. The van der Waals surface area contributed by atoms with Crippen molar-refractivity contribution < 1.29 is 0 Å². The normalized spacial score (nSPS) is 12.5. The fourth-order valence-electron chi connectivity index (χ4n) is 2.17. The number of hydrogen-bond donors (Lipinski definition) is 2. The number of rotatable bonds is 6. The summed E-state index contributed by atoms with van der Waals surface area (Å²) in [5.41, 5.74) is 0. The van der Waals surface area contributed by atoms with Gasteiger partial charge in [0.15, 0.2) is 0 Å². The van der Waals surface area contributed by atoms with Gasteiger partial charge in [-0.1, -0.05) is 0 Å². The Morgan fingerprint density at radius 3 is 3.05 bits per heavy atom. The van der Waals surface area contributed by atoms with Gasteiger partial charge in [0, 0.05) is 25.0 Å². The molecular formula is C14H18N6S. The highest BCUT2D eigenvalue weighted by Crippen LogP contribution is 2.26. The van der Waals surface area contributed by atoms with Crippen molar-refractivity contribution in [1.29, 1.82) is 0 Å². The van der Waals surface area contributed by atoms with Crippen molar-refractivity contribution in [3.05, 3.63) is 29.9 Å². The summed E-state index contributed by atoms with van der Waals surface area (Å²) in [5, 5.41) is 14.0. The second-order valence-electron chi connectivity index (χ2n) is 4.84. The zero-order valence-electron chi connectivity index (χ0n) is 12.1. The molecule has 21 heavy (non-hydrogen) atoms. The third-order valence-electron chi connectivity index (χ3n) is 3.06. The van der Waals surface area contributed by atoms with Gasteiger partial charge in [-0.15, -0.1) is 11.3 Å². The lowest BCUT2D eigenvalue weighted by Crippen LogP contribution is -2.23. The summed E-state index contributed by atoms with van der Waals surface area (Å²) in [6.45, 7) is 5.75. The van der Waals surface area contributed by atoms with Crippen LogP contribution in [0, 0.1) is 0 Å². The van der Waals surface area contributed by atoms with E-state index in [1.54, 1.807) is 17.5 Å². The molecule has 3 heterocycles. The number of aromatic nitrogens is 4. The van der Waals surface area contributed by atoms with Gasteiger partial charge in [0.1, 0.15) is 10.6 Å². The minimum atomic E-state index is 0.220. The number of anilines is 2. The van der Waals surface area contributed by atoms with Gasteiger partial charge in [-0.25, -0.2) is 4.98 Å². The van der Waals surface area contributed by atoms with Gasteiger partial charge in [-0.2, -0.15) is 10.1 Å². The smallest absolute Gasteiger partial charge is 0.226 e. The summed E-state index contributed by atoms with van der Waals surface area (Å²) in [6.07, 6.45) is 3.75. The molecule has 1 atom stereocenters. The van der Waals surface area contributed by atoms with E-state index in [4.69, 9.17) is 0 Å². The minimum Gasteiger partial charge on any atom is -0.365 e. The Hall–Kier alpha value is -2.15. The van der Waals surface area contributed by atoms with E-state index in [9.17, 15) is 0 Å². The number of hydrogen-bond acceptors (Lipinski definition) is 6. The van der Waals surface area contributed by atoms with E-state index in [-0.39, 0.29) is 6.04 Å². The van der Waals surface area contributed by atoms with Crippen molar-refractivity contribution in [1.82, 2.24) is 19.7 Å². The summed E-state index contributed by atoms with van der Waals surface area (Å²) < 4.78 is 1.91. The predicted octanol–water partition coefficient (Wildman–Crippen LogP) is 2.82. The van der Waals surface area contributed by atoms with E-state index >= 15 is 0 Å². The van der Waals surface area contributed by atoms with Crippen LogP contribution in [0.4, 0.5) is 11.8 Å². The number of nitrogens with one attached hydrogen (secondary N) is 2. The summed E-state index contributed by atoms with van der Waals surface area (Å²) in [7, 11) is 0. The molecule has 0 radical (unpaired) electrons. The molecular weight excluding hydrogens is 284 g/mol. The molecule has 0 saturated carbocycles. The highest BCUT2D eigenvalue weighted by molar-refractivity contribution is 7.16. The Kier molecular flexibility index (Phi) is 4.01. The Labute approximate surface area is 127 Å². The third-order valence-corrected chi connectivity index (χ3v) is 3.87. The van der Waals surface area contributed by atoms with Crippen molar-refractivity contribution in [3.8, 4) is 0 Å². The van der Waals surface area contributed by atoms with Crippen molar-refractivity contribution in [2.45, 2.75) is 26.4 Å². The molecule has 0 saturated heterocycles. The lowest BCUT2D eigenvalue weighted by Gasteiger charge is -2.16. The van der Waals surface area contributed by atoms with Gasteiger partial charge >= 0.3 is 0 Å². The largest absolute Gasteiger partial charge is 0.365 e. The van der Waals surface area contributed by atoms with E-state index < -0.39 is 0 Å². The van der Waals surface area contributed by atoms with Crippen molar-refractivity contribution in [2.75, 3.05) is 17.2 Å². The second-order valence-corrected chi connectivity index (χ2v) is 5.73. The zero-order valence-corrected chi connectivity index (χ0v) is 12.9.